The van der Waals surface area contributed by atoms with Crippen LogP contribution in [0.5, 0.6) is 0 Å². The molecule has 0 bridgehead atoms. The van der Waals surface area contributed by atoms with Gasteiger partial charge in [-0.3, -0.25) is 0 Å². The number of benzene rings is 8. The number of nitrogens with zero attached hydrogens (tertiary/aromatic N) is 9. The largest absolute Gasteiger partial charge is 0.241 e. The first-order valence-electron chi connectivity index (χ1n) is 31.9. The number of aliphatic imine (C=N–C) groups is 1. The molecule has 8 aromatic carbocycles. The normalized spacial score (nSPS) is 12.3. The van der Waals surface area contributed by atoms with Crippen molar-refractivity contribution in [2.75, 3.05) is 0 Å². The molecule has 0 aliphatic rings. The zero-order chi connectivity index (χ0) is 63.7. The SMILES string of the molecule is C=C(/C(CC)=C(\C=C(/CCCC)c1ccccc1)c1ccccc1)c1cc(-c2nc(-c3ccccc3)cc(-c3ccccc3)n2)nc(C(=C/CC)/N=C(/C=C(\C)c2nc(-c3ccccc3)cc(-c3ccccc3)n2)c2nc(-c3ccccc3)cc(-c3ccccc3)n2)n1. The van der Waals surface area contributed by atoms with Gasteiger partial charge in [0.1, 0.15) is 17.1 Å². The molecule has 452 valence electrons. The molecule has 12 rings (SSSR count). The maximum atomic E-state index is 5.72. The summed E-state index contributed by atoms with van der Waals surface area (Å²) in [5.74, 6) is 1.63. The Morgan fingerprint density at radius 2 is 0.774 bits per heavy atom. The van der Waals surface area contributed by atoms with Crippen molar-refractivity contribution >= 4 is 33.7 Å². The van der Waals surface area contributed by atoms with E-state index in [4.69, 9.17) is 51.4 Å². The number of unbranched alkanes of at least 4 members (excludes halogenated alkanes) is 1. The van der Waals surface area contributed by atoms with Crippen LogP contribution in [0.3, 0.4) is 0 Å². The number of hydrogen-bond acceptors (Lipinski definition) is 9. The van der Waals surface area contributed by atoms with Crippen LogP contribution in [0, 0.1) is 0 Å². The second-order valence-electron chi connectivity index (χ2n) is 22.6. The molecule has 0 saturated carbocycles. The van der Waals surface area contributed by atoms with Crippen LogP contribution in [0.25, 0.3) is 107 Å². The molecule has 0 aliphatic heterocycles. The quantitative estimate of drug-likeness (QED) is 0.0487. The van der Waals surface area contributed by atoms with Gasteiger partial charge in [-0.2, -0.15) is 0 Å². The highest BCUT2D eigenvalue weighted by molar-refractivity contribution is 6.12. The highest BCUT2D eigenvalue weighted by Crippen LogP contribution is 2.38. The maximum Gasteiger partial charge on any atom is 0.179 e. The molecule has 0 spiro atoms. The monoisotopic (exact) mass is 1210 g/mol. The van der Waals surface area contributed by atoms with Crippen LogP contribution in [0.1, 0.15) is 94.1 Å². The molecule has 12 aromatic rings. The molecule has 9 nitrogen and oxygen atoms in total. The minimum atomic E-state index is 0.334. The Morgan fingerprint density at radius 1 is 0.398 bits per heavy atom. The highest BCUT2D eigenvalue weighted by atomic mass is 15.0. The van der Waals surface area contributed by atoms with Crippen molar-refractivity contribution in [3.05, 3.63) is 332 Å². The fourth-order valence-corrected chi connectivity index (χ4v) is 11.2. The van der Waals surface area contributed by atoms with E-state index < -0.39 is 0 Å². The van der Waals surface area contributed by atoms with E-state index in [1.807, 2.05) is 146 Å². The number of allylic oxidation sites excluding steroid dienone is 8. The molecule has 0 aliphatic carbocycles. The Kier molecular flexibility index (Phi) is 19.8. The van der Waals surface area contributed by atoms with Gasteiger partial charge in [0.05, 0.1) is 39.9 Å². The van der Waals surface area contributed by atoms with Crippen molar-refractivity contribution in [2.45, 2.75) is 59.8 Å². The number of hydrogen-bond donors (Lipinski definition) is 0. The summed E-state index contributed by atoms with van der Waals surface area (Å²) in [6.45, 7) is 13.5. The van der Waals surface area contributed by atoms with E-state index in [2.05, 4.69) is 166 Å². The molecule has 9 heteroatoms. The van der Waals surface area contributed by atoms with Gasteiger partial charge in [-0.15, -0.1) is 0 Å². The van der Waals surface area contributed by atoms with Gasteiger partial charge in [-0.05, 0) is 102 Å². The molecule has 93 heavy (non-hydrogen) atoms. The first kappa shape index (κ1) is 61.7. The summed E-state index contributed by atoms with van der Waals surface area (Å²) < 4.78 is 0. The fourth-order valence-electron chi connectivity index (χ4n) is 11.2. The minimum absolute atomic E-state index is 0.334. The minimum Gasteiger partial charge on any atom is -0.241 e. The fraction of sp³-hybridized carbons (Fsp3) is 0.107. The summed E-state index contributed by atoms with van der Waals surface area (Å²) in [6, 6.07) is 90.6. The van der Waals surface area contributed by atoms with Gasteiger partial charge in [0.25, 0.3) is 0 Å². The molecule has 0 saturated heterocycles. The Bertz CT molecular complexity index is 4530. The van der Waals surface area contributed by atoms with E-state index >= 15 is 0 Å². The van der Waals surface area contributed by atoms with Crippen molar-refractivity contribution < 1.29 is 0 Å². The molecule has 4 aromatic heterocycles. The molecular formula is C84H71N9. The molecule has 0 radical (unpaired) electrons. The first-order chi connectivity index (χ1) is 45.8. The van der Waals surface area contributed by atoms with Gasteiger partial charge in [-0.25, -0.2) is 44.9 Å². The van der Waals surface area contributed by atoms with Gasteiger partial charge in [0.15, 0.2) is 23.3 Å². The summed E-state index contributed by atoms with van der Waals surface area (Å²) in [5, 5.41) is 0. The molecule has 0 unspecified atom stereocenters. The van der Waals surface area contributed by atoms with Crippen LogP contribution in [-0.2, 0) is 0 Å². The summed E-state index contributed by atoms with van der Waals surface area (Å²) in [7, 11) is 0. The topological polar surface area (TPSA) is 115 Å². The van der Waals surface area contributed by atoms with Crippen LogP contribution in [0.4, 0.5) is 0 Å². The highest BCUT2D eigenvalue weighted by Gasteiger charge is 2.23. The molecule has 4 heterocycles. The molecule has 0 atom stereocenters. The van der Waals surface area contributed by atoms with Crippen molar-refractivity contribution in [3.8, 4) is 79.1 Å². The van der Waals surface area contributed by atoms with Crippen LogP contribution >= 0.6 is 0 Å². The third-order valence-corrected chi connectivity index (χ3v) is 16.1. The Labute approximate surface area is 546 Å². The van der Waals surface area contributed by atoms with Crippen LogP contribution in [0.2, 0.25) is 0 Å². The average molecular weight is 1210 g/mol. The Hall–Kier alpha value is -11.6. The van der Waals surface area contributed by atoms with Gasteiger partial charge < -0.3 is 0 Å². The van der Waals surface area contributed by atoms with Gasteiger partial charge in [0.2, 0.25) is 0 Å². The van der Waals surface area contributed by atoms with Gasteiger partial charge in [-0.1, -0.05) is 289 Å². The summed E-state index contributed by atoms with van der Waals surface area (Å²) in [4.78, 5) is 48.9. The number of aromatic nitrogens is 8. The van der Waals surface area contributed by atoms with E-state index in [9.17, 15) is 0 Å². The lowest BCUT2D eigenvalue weighted by molar-refractivity contribution is 0.824. The smallest absolute Gasteiger partial charge is 0.179 e. The Morgan fingerprint density at radius 3 is 1.17 bits per heavy atom. The van der Waals surface area contributed by atoms with E-state index in [1.54, 1.807) is 0 Å². The predicted molar refractivity (Wildman–Crippen MR) is 385 cm³/mol. The van der Waals surface area contributed by atoms with Gasteiger partial charge >= 0.3 is 0 Å². The summed E-state index contributed by atoms with van der Waals surface area (Å²) in [6.07, 6.45) is 10.6. The summed E-state index contributed by atoms with van der Waals surface area (Å²) in [5.41, 5.74) is 19.2. The molecule has 0 amide bonds. The third-order valence-electron chi connectivity index (χ3n) is 16.1. The zero-order valence-corrected chi connectivity index (χ0v) is 52.9. The van der Waals surface area contributed by atoms with E-state index in [0.717, 1.165) is 115 Å². The Balaban J connectivity index is 1.13. The molecular weight excluding hydrogens is 1130 g/mol. The van der Waals surface area contributed by atoms with Gasteiger partial charge in [0, 0.05) is 33.4 Å². The first-order valence-corrected chi connectivity index (χ1v) is 31.9. The second kappa shape index (κ2) is 29.8. The van der Waals surface area contributed by atoms with Crippen LogP contribution in [0.15, 0.2) is 302 Å². The second-order valence-corrected chi connectivity index (χ2v) is 22.6. The van der Waals surface area contributed by atoms with E-state index in [1.165, 1.54) is 11.1 Å². The van der Waals surface area contributed by atoms with Crippen molar-refractivity contribution in [2.24, 2.45) is 4.99 Å². The lowest BCUT2D eigenvalue weighted by Crippen LogP contribution is -2.10. The standard InChI is InChI=1S/C84H71N9/c1-6-9-35-68(60-36-18-10-19-37-60)53-70(61-38-20-11-21-39-61)69(8-3)59(5)72-54-80(84-91-77(66-48-30-16-31-49-66)57-78(92-84)67-50-32-17-33-51-67)93-82(86-72)71(34-7-2)85-79(83-89-75(64-44-26-14-27-45-64)56-76(90-83)65-46-28-15-29-47-65)52-58(4)81-87-73(62-40-22-12-23-41-62)55-74(88-81)63-42-24-13-25-43-63/h10-34,36-57H,5-9,35H2,1-4H3/b58-52+,68-53+,70-69+,71-34-,85-79-. The third kappa shape index (κ3) is 15.0. The van der Waals surface area contributed by atoms with Crippen LogP contribution in [-0.4, -0.2) is 45.6 Å². The summed E-state index contributed by atoms with van der Waals surface area (Å²) >= 11 is 0. The zero-order valence-electron chi connectivity index (χ0n) is 52.9. The predicted octanol–water partition coefficient (Wildman–Crippen LogP) is 21.0. The number of rotatable bonds is 22. The average Bonchev–Trinajstić information content (AvgIpc) is 1.42. The van der Waals surface area contributed by atoms with E-state index in [0.29, 0.717) is 58.9 Å². The van der Waals surface area contributed by atoms with Crippen molar-refractivity contribution in [1.29, 1.82) is 0 Å². The molecule has 0 fully saturated rings. The maximum absolute atomic E-state index is 5.72. The van der Waals surface area contributed by atoms with Crippen LogP contribution < -0.4 is 0 Å². The van der Waals surface area contributed by atoms with Crippen molar-refractivity contribution in [3.63, 3.8) is 0 Å². The lowest BCUT2D eigenvalue weighted by atomic mass is 9.88. The molecule has 0 N–H and O–H groups in total. The van der Waals surface area contributed by atoms with E-state index in [-0.39, 0.29) is 0 Å². The van der Waals surface area contributed by atoms with Crippen molar-refractivity contribution in [1.82, 2.24) is 39.9 Å². The lowest BCUT2D eigenvalue weighted by Gasteiger charge is -2.18.